The van der Waals surface area contributed by atoms with Gasteiger partial charge in [0.05, 0.1) is 11.2 Å². The summed E-state index contributed by atoms with van der Waals surface area (Å²) in [4.78, 5) is 9.87. The highest BCUT2D eigenvalue weighted by Gasteiger charge is 2.14. The monoisotopic (exact) mass is 380 g/mol. The third-order valence-electron chi connectivity index (χ3n) is 5.09. The van der Waals surface area contributed by atoms with Crippen LogP contribution in [-0.4, -0.2) is 9.97 Å². The molecule has 0 aliphatic heterocycles. The summed E-state index contributed by atoms with van der Waals surface area (Å²) in [5.74, 6) is 0.732. The number of aryl methyl sites for hydroxylation is 1. The Morgan fingerprint density at radius 2 is 1.43 bits per heavy atom. The van der Waals surface area contributed by atoms with E-state index in [1.54, 1.807) is 0 Å². The van der Waals surface area contributed by atoms with E-state index in [1.165, 1.54) is 10.8 Å². The number of fused-ring (bicyclic) bond motifs is 2. The fourth-order valence-electron chi connectivity index (χ4n) is 3.68. The molecule has 28 heavy (non-hydrogen) atoms. The molecule has 1 heterocycles. The van der Waals surface area contributed by atoms with Gasteiger partial charge in [0, 0.05) is 21.5 Å². The van der Waals surface area contributed by atoms with Gasteiger partial charge < -0.3 is 0 Å². The standard InChI is InChI=1S/C25H17ClN2/c1-16-7-2-4-10-19(16)25-27-23-14-13-18(26)15-22(23)24(28-25)21-12-6-9-17-8-3-5-11-20(17)21/h2-15H,1H3. The van der Waals surface area contributed by atoms with Gasteiger partial charge in [-0.05, 0) is 41.5 Å². The average Bonchev–Trinajstić information content (AvgIpc) is 2.73. The Kier molecular flexibility index (Phi) is 4.07. The molecule has 134 valence electrons. The third kappa shape index (κ3) is 2.83. The first kappa shape index (κ1) is 16.9. The number of benzene rings is 4. The molecule has 2 nitrogen and oxygen atoms in total. The van der Waals surface area contributed by atoms with Gasteiger partial charge in [0.1, 0.15) is 0 Å². The van der Waals surface area contributed by atoms with Crippen LogP contribution in [0.4, 0.5) is 0 Å². The van der Waals surface area contributed by atoms with Gasteiger partial charge in [-0.25, -0.2) is 9.97 Å². The van der Waals surface area contributed by atoms with Crippen LogP contribution < -0.4 is 0 Å². The Hall–Kier alpha value is -3.23. The van der Waals surface area contributed by atoms with Crippen LogP contribution in [0.2, 0.25) is 5.02 Å². The second-order valence-corrected chi connectivity index (χ2v) is 7.34. The second-order valence-electron chi connectivity index (χ2n) is 6.90. The summed E-state index contributed by atoms with van der Waals surface area (Å²) in [6.07, 6.45) is 0. The van der Waals surface area contributed by atoms with Crippen molar-refractivity contribution in [2.24, 2.45) is 0 Å². The molecular formula is C25H17ClN2. The SMILES string of the molecule is Cc1ccccc1-c1nc(-c2cccc3ccccc23)c2cc(Cl)ccc2n1. The molecule has 5 rings (SSSR count). The van der Waals surface area contributed by atoms with E-state index in [9.17, 15) is 0 Å². The van der Waals surface area contributed by atoms with E-state index in [4.69, 9.17) is 21.6 Å². The second kappa shape index (κ2) is 6.74. The molecule has 0 aliphatic carbocycles. The molecule has 0 saturated carbocycles. The molecule has 0 spiro atoms. The Morgan fingerprint density at radius 3 is 2.32 bits per heavy atom. The van der Waals surface area contributed by atoms with Gasteiger partial charge in [-0.2, -0.15) is 0 Å². The van der Waals surface area contributed by atoms with Crippen LogP contribution in [0.25, 0.3) is 44.3 Å². The van der Waals surface area contributed by atoms with Gasteiger partial charge in [-0.15, -0.1) is 0 Å². The van der Waals surface area contributed by atoms with Crippen molar-refractivity contribution in [2.75, 3.05) is 0 Å². The minimum absolute atomic E-state index is 0.682. The molecule has 0 amide bonds. The van der Waals surface area contributed by atoms with Crippen molar-refractivity contribution < 1.29 is 0 Å². The van der Waals surface area contributed by atoms with Crippen molar-refractivity contribution in [1.29, 1.82) is 0 Å². The van der Waals surface area contributed by atoms with Gasteiger partial charge in [0.15, 0.2) is 5.82 Å². The number of nitrogens with zero attached hydrogens (tertiary/aromatic N) is 2. The van der Waals surface area contributed by atoms with E-state index in [1.807, 2.05) is 30.3 Å². The smallest absolute Gasteiger partial charge is 0.160 e. The quantitative estimate of drug-likeness (QED) is 0.327. The van der Waals surface area contributed by atoms with E-state index < -0.39 is 0 Å². The molecule has 4 aromatic carbocycles. The van der Waals surface area contributed by atoms with Crippen molar-refractivity contribution in [3.63, 3.8) is 0 Å². The van der Waals surface area contributed by atoms with E-state index in [-0.39, 0.29) is 0 Å². The van der Waals surface area contributed by atoms with Gasteiger partial charge in [0.25, 0.3) is 0 Å². The highest BCUT2D eigenvalue weighted by atomic mass is 35.5. The predicted octanol–water partition coefficient (Wildman–Crippen LogP) is 7.08. The summed E-state index contributed by atoms with van der Waals surface area (Å²) in [5, 5.41) is 3.99. The lowest BCUT2D eigenvalue weighted by Crippen LogP contribution is -1.97. The first-order valence-electron chi connectivity index (χ1n) is 9.22. The topological polar surface area (TPSA) is 25.8 Å². The van der Waals surface area contributed by atoms with E-state index in [0.717, 1.165) is 39.1 Å². The van der Waals surface area contributed by atoms with Crippen LogP contribution in [0.3, 0.4) is 0 Å². The maximum absolute atomic E-state index is 6.32. The summed E-state index contributed by atoms with van der Waals surface area (Å²) in [6.45, 7) is 2.09. The fraction of sp³-hybridized carbons (Fsp3) is 0.0400. The molecule has 0 unspecified atom stereocenters. The maximum atomic E-state index is 6.32. The molecule has 0 atom stereocenters. The van der Waals surface area contributed by atoms with Gasteiger partial charge in [-0.3, -0.25) is 0 Å². The molecule has 0 fully saturated rings. The largest absolute Gasteiger partial charge is 0.228 e. The Labute approximate surface area is 168 Å². The Morgan fingerprint density at radius 1 is 0.679 bits per heavy atom. The lowest BCUT2D eigenvalue weighted by atomic mass is 9.99. The third-order valence-corrected chi connectivity index (χ3v) is 5.32. The van der Waals surface area contributed by atoms with Crippen molar-refractivity contribution in [3.8, 4) is 22.6 Å². The zero-order chi connectivity index (χ0) is 19.1. The van der Waals surface area contributed by atoms with Crippen LogP contribution in [-0.2, 0) is 0 Å². The van der Waals surface area contributed by atoms with Crippen molar-refractivity contribution >= 4 is 33.3 Å². The van der Waals surface area contributed by atoms with Crippen LogP contribution in [0.1, 0.15) is 5.56 Å². The van der Waals surface area contributed by atoms with Crippen LogP contribution >= 0.6 is 11.6 Å². The van der Waals surface area contributed by atoms with E-state index in [0.29, 0.717) is 5.02 Å². The van der Waals surface area contributed by atoms with E-state index in [2.05, 4.69) is 61.5 Å². The molecule has 0 N–H and O–H groups in total. The summed E-state index contributed by atoms with van der Waals surface area (Å²) in [5.41, 5.74) is 5.08. The van der Waals surface area contributed by atoms with E-state index >= 15 is 0 Å². The minimum Gasteiger partial charge on any atom is -0.228 e. The highest BCUT2D eigenvalue weighted by molar-refractivity contribution is 6.31. The van der Waals surface area contributed by atoms with Crippen molar-refractivity contribution in [2.45, 2.75) is 6.92 Å². The predicted molar refractivity (Wildman–Crippen MR) is 118 cm³/mol. The zero-order valence-corrected chi connectivity index (χ0v) is 16.1. The minimum atomic E-state index is 0.682. The number of hydrogen-bond donors (Lipinski definition) is 0. The summed E-state index contributed by atoms with van der Waals surface area (Å²) < 4.78 is 0. The molecule has 0 aliphatic rings. The van der Waals surface area contributed by atoms with Crippen molar-refractivity contribution in [1.82, 2.24) is 9.97 Å². The van der Waals surface area contributed by atoms with Crippen LogP contribution in [0.5, 0.6) is 0 Å². The van der Waals surface area contributed by atoms with Crippen LogP contribution in [0.15, 0.2) is 84.9 Å². The van der Waals surface area contributed by atoms with Crippen molar-refractivity contribution in [3.05, 3.63) is 95.5 Å². The maximum Gasteiger partial charge on any atom is 0.160 e. The molecule has 1 aromatic heterocycles. The number of halogens is 1. The molecule has 3 heteroatoms. The first-order valence-corrected chi connectivity index (χ1v) is 9.60. The normalized spacial score (nSPS) is 11.2. The number of rotatable bonds is 2. The molecule has 0 saturated heterocycles. The summed E-state index contributed by atoms with van der Waals surface area (Å²) >= 11 is 6.32. The lowest BCUT2D eigenvalue weighted by Gasteiger charge is -2.13. The first-order chi connectivity index (χ1) is 13.7. The zero-order valence-electron chi connectivity index (χ0n) is 15.4. The fourth-order valence-corrected chi connectivity index (χ4v) is 3.85. The van der Waals surface area contributed by atoms with Gasteiger partial charge in [0.2, 0.25) is 0 Å². The number of aromatic nitrogens is 2. The average molecular weight is 381 g/mol. The highest BCUT2D eigenvalue weighted by Crippen LogP contribution is 2.35. The lowest BCUT2D eigenvalue weighted by molar-refractivity contribution is 1.22. The number of hydrogen-bond acceptors (Lipinski definition) is 2. The van der Waals surface area contributed by atoms with Crippen LogP contribution in [0, 0.1) is 6.92 Å². The molecule has 5 aromatic rings. The molecule has 0 bridgehead atoms. The Bertz CT molecular complexity index is 1340. The van der Waals surface area contributed by atoms with Gasteiger partial charge >= 0.3 is 0 Å². The molecule has 0 radical (unpaired) electrons. The Balaban J connectivity index is 1.89. The van der Waals surface area contributed by atoms with Gasteiger partial charge in [-0.1, -0.05) is 78.3 Å². The molecular weight excluding hydrogens is 364 g/mol. The summed E-state index contributed by atoms with van der Waals surface area (Å²) in [6, 6.07) is 28.7. The summed E-state index contributed by atoms with van der Waals surface area (Å²) in [7, 11) is 0.